The van der Waals surface area contributed by atoms with Gasteiger partial charge in [-0.3, -0.25) is 4.79 Å². The van der Waals surface area contributed by atoms with Crippen molar-refractivity contribution >= 4 is 21.8 Å². The Morgan fingerprint density at radius 3 is 2.17 bits per heavy atom. The molecular formula is C15H24BrNO. The molecule has 4 fully saturated rings. The number of hydrogen-bond donors (Lipinski definition) is 1. The lowest BCUT2D eigenvalue weighted by atomic mass is 9.49. The summed E-state index contributed by atoms with van der Waals surface area (Å²) in [5.41, 5.74) is 0.0231. The van der Waals surface area contributed by atoms with Crippen LogP contribution in [-0.2, 0) is 4.79 Å². The molecule has 4 rings (SSSR count). The number of rotatable bonds is 4. The van der Waals surface area contributed by atoms with E-state index in [-0.39, 0.29) is 5.41 Å². The van der Waals surface area contributed by atoms with E-state index in [9.17, 15) is 4.79 Å². The van der Waals surface area contributed by atoms with Gasteiger partial charge in [-0.25, -0.2) is 0 Å². The van der Waals surface area contributed by atoms with Gasteiger partial charge in [0.2, 0.25) is 5.91 Å². The smallest absolute Gasteiger partial charge is 0.226 e. The summed E-state index contributed by atoms with van der Waals surface area (Å²) in [6.07, 6.45) is 8.76. The van der Waals surface area contributed by atoms with Crippen LogP contribution in [0.2, 0.25) is 0 Å². The number of nitrogens with one attached hydrogen (secondary N) is 1. The number of alkyl halides is 1. The Hall–Kier alpha value is -0.0500. The summed E-state index contributed by atoms with van der Waals surface area (Å²) in [7, 11) is 0. The van der Waals surface area contributed by atoms with Crippen LogP contribution in [0.4, 0.5) is 0 Å². The third-order valence-electron chi connectivity index (χ3n) is 5.44. The van der Waals surface area contributed by atoms with Crippen LogP contribution in [0.5, 0.6) is 0 Å². The summed E-state index contributed by atoms with van der Waals surface area (Å²) in [6, 6.07) is 0.310. The molecule has 4 aliphatic rings. The van der Waals surface area contributed by atoms with Gasteiger partial charge in [0.1, 0.15) is 0 Å². The molecule has 0 spiro atoms. The van der Waals surface area contributed by atoms with Gasteiger partial charge in [-0.05, 0) is 69.6 Å². The lowest BCUT2D eigenvalue weighted by Crippen LogP contribution is -2.54. The van der Waals surface area contributed by atoms with Crippen molar-refractivity contribution < 1.29 is 4.79 Å². The Kier molecular flexibility index (Phi) is 3.46. The molecule has 18 heavy (non-hydrogen) atoms. The highest BCUT2D eigenvalue weighted by molar-refractivity contribution is 9.09. The minimum absolute atomic E-state index is 0.0231. The Bertz CT molecular complexity index is 306. The summed E-state index contributed by atoms with van der Waals surface area (Å²) in [5.74, 6) is 2.94. The first-order valence-electron chi connectivity index (χ1n) is 7.48. The monoisotopic (exact) mass is 313 g/mol. The highest BCUT2D eigenvalue weighted by Crippen LogP contribution is 2.60. The normalized spacial score (nSPS) is 42.9. The van der Waals surface area contributed by atoms with Crippen LogP contribution >= 0.6 is 15.9 Å². The second-order valence-electron chi connectivity index (χ2n) is 7.05. The van der Waals surface area contributed by atoms with Crippen molar-refractivity contribution in [3.63, 3.8) is 0 Å². The molecule has 2 nitrogen and oxygen atoms in total. The first kappa shape index (κ1) is 13.0. The fourth-order valence-electron chi connectivity index (χ4n) is 5.00. The molecule has 0 aromatic heterocycles. The van der Waals surface area contributed by atoms with E-state index in [0.717, 1.165) is 29.5 Å². The zero-order chi connectivity index (χ0) is 12.8. The Balaban J connectivity index is 1.69. The summed E-state index contributed by atoms with van der Waals surface area (Å²) in [5, 5.41) is 4.24. The molecule has 0 aliphatic heterocycles. The molecule has 3 heteroatoms. The van der Waals surface area contributed by atoms with Gasteiger partial charge in [-0.15, -0.1) is 0 Å². The molecule has 0 aromatic carbocycles. The third kappa shape index (κ3) is 2.23. The Morgan fingerprint density at radius 2 is 1.72 bits per heavy atom. The molecule has 1 atom stereocenters. The van der Waals surface area contributed by atoms with E-state index < -0.39 is 0 Å². The van der Waals surface area contributed by atoms with Crippen LogP contribution in [-0.4, -0.2) is 17.3 Å². The van der Waals surface area contributed by atoms with Crippen LogP contribution in [0, 0.1) is 23.2 Å². The van der Waals surface area contributed by atoms with Crippen molar-refractivity contribution in [3.8, 4) is 0 Å². The van der Waals surface area contributed by atoms with Gasteiger partial charge >= 0.3 is 0 Å². The van der Waals surface area contributed by atoms with Gasteiger partial charge in [-0.1, -0.05) is 15.9 Å². The second kappa shape index (κ2) is 4.81. The van der Waals surface area contributed by atoms with E-state index in [1.165, 1.54) is 38.5 Å². The number of carbonyl (C=O) groups excluding carboxylic acids is 1. The fraction of sp³-hybridized carbons (Fsp3) is 0.933. The van der Waals surface area contributed by atoms with Gasteiger partial charge in [0.05, 0.1) is 0 Å². The maximum Gasteiger partial charge on any atom is 0.226 e. The van der Waals surface area contributed by atoms with E-state index in [4.69, 9.17) is 0 Å². The molecule has 1 amide bonds. The van der Waals surface area contributed by atoms with E-state index >= 15 is 0 Å². The van der Waals surface area contributed by atoms with Gasteiger partial charge in [-0.2, -0.15) is 0 Å². The van der Waals surface area contributed by atoms with Gasteiger partial charge in [0.15, 0.2) is 0 Å². The van der Waals surface area contributed by atoms with Crippen LogP contribution < -0.4 is 5.32 Å². The summed E-state index contributed by atoms with van der Waals surface area (Å²) < 4.78 is 0. The quantitative estimate of drug-likeness (QED) is 0.791. The maximum atomic E-state index is 12.7. The average molecular weight is 314 g/mol. The SMILES string of the molecule is CC(CCBr)NC(=O)C12CC3CC(CC(C3)C1)C2. The molecular weight excluding hydrogens is 290 g/mol. The first-order chi connectivity index (χ1) is 8.61. The minimum Gasteiger partial charge on any atom is -0.353 e. The zero-order valence-electron chi connectivity index (χ0n) is 11.3. The van der Waals surface area contributed by atoms with Crippen molar-refractivity contribution in [2.45, 2.75) is 57.9 Å². The fourth-order valence-corrected chi connectivity index (χ4v) is 5.69. The van der Waals surface area contributed by atoms with Crippen LogP contribution in [0.1, 0.15) is 51.9 Å². The largest absolute Gasteiger partial charge is 0.353 e. The average Bonchev–Trinajstić information content (AvgIpc) is 2.27. The lowest BCUT2D eigenvalue weighted by Gasteiger charge is -2.55. The number of halogens is 1. The van der Waals surface area contributed by atoms with Crippen LogP contribution in [0.25, 0.3) is 0 Å². The van der Waals surface area contributed by atoms with E-state index in [1.54, 1.807) is 0 Å². The second-order valence-corrected chi connectivity index (χ2v) is 7.84. The maximum absolute atomic E-state index is 12.7. The summed E-state index contributed by atoms with van der Waals surface area (Å²) in [4.78, 5) is 12.7. The minimum atomic E-state index is 0.0231. The topological polar surface area (TPSA) is 29.1 Å². The number of amides is 1. The summed E-state index contributed by atoms with van der Waals surface area (Å²) in [6.45, 7) is 2.12. The van der Waals surface area contributed by atoms with Gasteiger partial charge < -0.3 is 5.32 Å². The summed E-state index contributed by atoms with van der Waals surface area (Å²) >= 11 is 3.45. The van der Waals surface area contributed by atoms with Crippen LogP contribution in [0.15, 0.2) is 0 Å². The van der Waals surface area contributed by atoms with E-state index in [2.05, 4.69) is 28.2 Å². The van der Waals surface area contributed by atoms with Crippen molar-refractivity contribution in [3.05, 3.63) is 0 Å². The van der Waals surface area contributed by atoms with Crippen molar-refractivity contribution in [1.82, 2.24) is 5.32 Å². The van der Waals surface area contributed by atoms with Crippen LogP contribution in [0.3, 0.4) is 0 Å². The van der Waals surface area contributed by atoms with Gasteiger partial charge in [0, 0.05) is 16.8 Å². The highest BCUT2D eigenvalue weighted by Gasteiger charge is 2.54. The highest BCUT2D eigenvalue weighted by atomic mass is 79.9. The zero-order valence-corrected chi connectivity index (χ0v) is 12.8. The van der Waals surface area contributed by atoms with Gasteiger partial charge in [0.25, 0.3) is 0 Å². The predicted octanol–water partition coefficient (Wildman–Crippen LogP) is 3.49. The Morgan fingerprint density at radius 1 is 1.22 bits per heavy atom. The molecule has 0 heterocycles. The predicted molar refractivity (Wildman–Crippen MR) is 76.6 cm³/mol. The molecule has 1 N–H and O–H groups in total. The lowest BCUT2D eigenvalue weighted by molar-refractivity contribution is -0.146. The van der Waals surface area contributed by atoms with Crippen molar-refractivity contribution in [2.75, 3.05) is 5.33 Å². The molecule has 4 aliphatic carbocycles. The molecule has 0 radical (unpaired) electrons. The van der Waals surface area contributed by atoms with E-state index in [1.807, 2.05) is 0 Å². The molecule has 102 valence electrons. The van der Waals surface area contributed by atoms with E-state index in [0.29, 0.717) is 11.9 Å². The number of carbonyl (C=O) groups is 1. The molecule has 0 aromatic rings. The molecule has 0 saturated heterocycles. The third-order valence-corrected chi connectivity index (χ3v) is 5.90. The Labute approximate surface area is 118 Å². The molecule has 4 saturated carbocycles. The van der Waals surface area contributed by atoms with Crippen molar-refractivity contribution in [2.24, 2.45) is 23.2 Å². The number of hydrogen-bond acceptors (Lipinski definition) is 1. The molecule has 1 unspecified atom stereocenters. The van der Waals surface area contributed by atoms with Crippen molar-refractivity contribution in [1.29, 1.82) is 0 Å². The first-order valence-corrected chi connectivity index (χ1v) is 8.60. The standard InChI is InChI=1S/C15H24BrNO/c1-10(2-3-16)17-14(18)15-7-11-4-12(8-15)6-13(5-11)9-15/h10-13H,2-9H2,1H3,(H,17,18). The molecule has 4 bridgehead atoms.